The summed E-state index contributed by atoms with van der Waals surface area (Å²) in [6, 6.07) is 9.40. The minimum absolute atomic E-state index is 0.202. The van der Waals surface area contributed by atoms with Crippen LogP contribution in [0, 0.1) is 13.8 Å². The molecule has 3 heterocycles. The van der Waals surface area contributed by atoms with E-state index in [-0.39, 0.29) is 5.91 Å². The van der Waals surface area contributed by atoms with E-state index in [9.17, 15) is 4.79 Å². The number of carbonyl (C=O) groups excluding carboxylic acids is 1. The van der Waals surface area contributed by atoms with Crippen molar-refractivity contribution in [3.05, 3.63) is 53.1 Å². The Bertz CT molecular complexity index is 981. The standard InChI is InChI=1S/C20H25N7O/c1-13-12-14(2)27(24-13)17-6-4-16(5-7-17)19(28)23-20-22-18(25-26(20)3)15-8-10-21-11-9-15/h4-7,12,15,21H,8-11H2,1-3H3,(H,22,23,25,28). The first kappa shape index (κ1) is 18.4. The summed E-state index contributed by atoms with van der Waals surface area (Å²) in [6.07, 6.45) is 2.04. The van der Waals surface area contributed by atoms with Gasteiger partial charge in [0, 0.05) is 24.2 Å². The van der Waals surface area contributed by atoms with Crippen LogP contribution in [0.15, 0.2) is 30.3 Å². The molecule has 4 rings (SSSR count). The van der Waals surface area contributed by atoms with Gasteiger partial charge in [-0.25, -0.2) is 9.36 Å². The molecule has 0 aliphatic carbocycles. The monoisotopic (exact) mass is 379 g/mol. The van der Waals surface area contributed by atoms with Crippen LogP contribution in [-0.4, -0.2) is 43.5 Å². The highest BCUT2D eigenvalue weighted by atomic mass is 16.1. The number of nitrogens with zero attached hydrogens (tertiary/aromatic N) is 5. The largest absolute Gasteiger partial charge is 0.317 e. The average molecular weight is 379 g/mol. The molecule has 0 spiro atoms. The minimum atomic E-state index is -0.202. The fourth-order valence-corrected chi connectivity index (χ4v) is 3.58. The van der Waals surface area contributed by atoms with Crippen molar-refractivity contribution in [2.75, 3.05) is 18.4 Å². The molecule has 1 saturated heterocycles. The number of anilines is 1. The van der Waals surface area contributed by atoms with Crippen molar-refractivity contribution >= 4 is 11.9 Å². The molecule has 2 aromatic heterocycles. The van der Waals surface area contributed by atoms with Crippen LogP contribution in [0.2, 0.25) is 0 Å². The van der Waals surface area contributed by atoms with Gasteiger partial charge in [0.2, 0.25) is 5.95 Å². The fourth-order valence-electron chi connectivity index (χ4n) is 3.58. The second kappa shape index (κ2) is 7.55. The Kier molecular flexibility index (Phi) is 4.95. The Labute approximate surface area is 164 Å². The summed E-state index contributed by atoms with van der Waals surface area (Å²) >= 11 is 0. The third-order valence-electron chi connectivity index (χ3n) is 5.09. The molecule has 0 radical (unpaired) electrons. The Morgan fingerprint density at radius 1 is 1.14 bits per heavy atom. The van der Waals surface area contributed by atoms with Crippen molar-refractivity contribution in [3.8, 4) is 5.69 Å². The summed E-state index contributed by atoms with van der Waals surface area (Å²) < 4.78 is 3.50. The number of carbonyl (C=O) groups is 1. The van der Waals surface area contributed by atoms with Gasteiger partial charge in [-0.2, -0.15) is 15.2 Å². The van der Waals surface area contributed by atoms with Crippen molar-refractivity contribution in [1.29, 1.82) is 0 Å². The zero-order valence-electron chi connectivity index (χ0n) is 16.4. The second-order valence-electron chi connectivity index (χ2n) is 7.28. The third-order valence-corrected chi connectivity index (χ3v) is 5.09. The lowest BCUT2D eigenvalue weighted by atomic mass is 9.98. The van der Waals surface area contributed by atoms with Crippen LogP contribution in [0.3, 0.4) is 0 Å². The Hall–Kier alpha value is -3.00. The smallest absolute Gasteiger partial charge is 0.258 e. The SMILES string of the molecule is Cc1cc(C)n(-c2ccc(C(=O)Nc3nc(C4CCNCC4)nn3C)cc2)n1. The lowest BCUT2D eigenvalue weighted by molar-refractivity contribution is 0.102. The van der Waals surface area contributed by atoms with Crippen molar-refractivity contribution in [2.45, 2.75) is 32.6 Å². The molecule has 0 atom stereocenters. The molecule has 1 aliphatic heterocycles. The van der Waals surface area contributed by atoms with Gasteiger partial charge in [0.25, 0.3) is 5.91 Å². The number of amides is 1. The maximum Gasteiger partial charge on any atom is 0.258 e. The van der Waals surface area contributed by atoms with Gasteiger partial charge in [-0.05, 0) is 70.1 Å². The van der Waals surface area contributed by atoms with Crippen LogP contribution in [0.1, 0.15) is 46.3 Å². The van der Waals surface area contributed by atoms with Gasteiger partial charge in [0.05, 0.1) is 11.4 Å². The van der Waals surface area contributed by atoms with E-state index in [1.807, 2.05) is 36.7 Å². The molecule has 1 amide bonds. The number of aromatic nitrogens is 5. The van der Waals surface area contributed by atoms with Crippen LogP contribution in [0.5, 0.6) is 0 Å². The van der Waals surface area contributed by atoms with Crippen molar-refractivity contribution in [1.82, 2.24) is 29.9 Å². The quantitative estimate of drug-likeness (QED) is 0.726. The number of piperidine rings is 1. The number of rotatable bonds is 4. The van der Waals surface area contributed by atoms with Gasteiger partial charge < -0.3 is 5.32 Å². The molecule has 8 heteroatoms. The van der Waals surface area contributed by atoms with Gasteiger partial charge in [-0.3, -0.25) is 10.1 Å². The molecular weight excluding hydrogens is 354 g/mol. The molecule has 1 fully saturated rings. The molecule has 0 unspecified atom stereocenters. The summed E-state index contributed by atoms with van der Waals surface area (Å²) in [5, 5.41) is 15.2. The maximum absolute atomic E-state index is 12.6. The first-order valence-electron chi connectivity index (χ1n) is 9.58. The van der Waals surface area contributed by atoms with Gasteiger partial charge in [0.1, 0.15) is 0 Å². The van der Waals surface area contributed by atoms with E-state index >= 15 is 0 Å². The first-order chi connectivity index (χ1) is 13.5. The Morgan fingerprint density at radius 2 is 1.86 bits per heavy atom. The van der Waals surface area contributed by atoms with E-state index in [0.717, 1.165) is 48.8 Å². The molecule has 146 valence electrons. The van der Waals surface area contributed by atoms with Gasteiger partial charge in [-0.1, -0.05) is 0 Å². The van der Waals surface area contributed by atoms with Crippen LogP contribution < -0.4 is 10.6 Å². The van der Waals surface area contributed by atoms with E-state index < -0.39 is 0 Å². The Morgan fingerprint density at radius 3 is 2.50 bits per heavy atom. The molecule has 2 N–H and O–H groups in total. The predicted molar refractivity (Wildman–Crippen MR) is 107 cm³/mol. The van der Waals surface area contributed by atoms with E-state index in [0.29, 0.717) is 17.4 Å². The molecule has 8 nitrogen and oxygen atoms in total. The molecule has 1 aliphatic rings. The summed E-state index contributed by atoms with van der Waals surface area (Å²) in [6.45, 7) is 5.93. The summed E-state index contributed by atoms with van der Waals surface area (Å²) in [5.41, 5.74) is 3.51. The lowest BCUT2D eigenvalue weighted by Crippen LogP contribution is -2.27. The highest BCUT2D eigenvalue weighted by Crippen LogP contribution is 2.23. The fraction of sp³-hybridized carbons (Fsp3) is 0.400. The first-order valence-corrected chi connectivity index (χ1v) is 9.58. The molecule has 0 bridgehead atoms. The molecular formula is C20H25N7O. The second-order valence-corrected chi connectivity index (χ2v) is 7.28. The highest BCUT2D eigenvalue weighted by Gasteiger charge is 2.21. The van der Waals surface area contributed by atoms with Gasteiger partial charge in [-0.15, -0.1) is 0 Å². The minimum Gasteiger partial charge on any atom is -0.317 e. The number of benzene rings is 1. The van der Waals surface area contributed by atoms with Gasteiger partial charge >= 0.3 is 0 Å². The zero-order chi connectivity index (χ0) is 19.7. The highest BCUT2D eigenvalue weighted by molar-refractivity contribution is 6.03. The Balaban J connectivity index is 1.48. The van der Waals surface area contributed by atoms with Crippen molar-refractivity contribution in [3.63, 3.8) is 0 Å². The van der Waals surface area contributed by atoms with E-state index in [1.54, 1.807) is 23.9 Å². The van der Waals surface area contributed by atoms with Crippen molar-refractivity contribution in [2.24, 2.45) is 7.05 Å². The lowest BCUT2D eigenvalue weighted by Gasteiger charge is -2.19. The average Bonchev–Trinajstić information content (AvgIpc) is 3.24. The molecule has 3 aromatic rings. The normalized spacial score (nSPS) is 15.0. The number of nitrogens with one attached hydrogen (secondary N) is 2. The van der Waals surface area contributed by atoms with Crippen molar-refractivity contribution < 1.29 is 4.79 Å². The van der Waals surface area contributed by atoms with Crippen LogP contribution in [0.4, 0.5) is 5.95 Å². The number of hydrogen-bond donors (Lipinski definition) is 2. The predicted octanol–water partition coefficient (Wildman–Crippen LogP) is 2.34. The summed E-state index contributed by atoms with van der Waals surface area (Å²) in [7, 11) is 1.80. The van der Waals surface area contributed by atoms with E-state index in [1.165, 1.54) is 0 Å². The van der Waals surface area contributed by atoms with Crippen LogP contribution in [-0.2, 0) is 7.05 Å². The zero-order valence-corrected chi connectivity index (χ0v) is 16.4. The maximum atomic E-state index is 12.6. The van der Waals surface area contributed by atoms with Crippen LogP contribution in [0.25, 0.3) is 5.69 Å². The van der Waals surface area contributed by atoms with Crippen LogP contribution >= 0.6 is 0 Å². The number of hydrogen-bond acceptors (Lipinski definition) is 5. The molecule has 28 heavy (non-hydrogen) atoms. The topological polar surface area (TPSA) is 89.7 Å². The van der Waals surface area contributed by atoms with E-state index in [4.69, 9.17) is 0 Å². The number of aryl methyl sites for hydroxylation is 3. The third kappa shape index (κ3) is 3.68. The van der Waals surface area contributed by atoms with E-state index in [2.05, 4.69) is 25.8 Å². The summed E-state index contributed by atoms with van der Waals surface area (Å²) in [4.78, 5) is 17.2. The molecule has 1 aromatic carbocycles. The summed E-state index contributed by atoms with van der Waals surface area (Å²) in [5.74, 6) is 1.42. The van der Waals surface area contributed by atoms with Gasteiger partial charge in [0.15, 0.2) is 5.82 Å². The molecule has 0 saturated carbocycles.